The molecule has 1 aromatic heterocycles. The molecule has 1 N–H and O–H groups in total. The minimum absolute atomic E-state index is 0.00115. The van der Waals surface area contributed by atoms with Gasteiger partial charge in [-0.3, -0.25) is 9.59 Å². The van der Waals surface area contributed by atoms with Crippen LogP contribution in [0.1, 0.15) is 44.6 Å². The number of nitrogens with one attached hydrogen (secondary N) is 1. The second-order valence-electron chi connectivity index (χ2n) is 10.2. The highest BCUT2D eigenvalue weighted by Crippen LogP contribution is 2.27. The van der Waals surface area contributed by atoms with Crippen LogP contribution in [0.5, 0.6) is 0 Å². The van der Waals surface area contributed by atoms with Crippen LogP contribution in [0.25, 0.3) is 5.69 Å². The maximum atomic E-state index is 13.7. The largest absolute Gasteiger partial charge is 0.376 e. The van der Waals surface area contributed by atoms with Gasteiger partial charge in [-0.25, -0.2) is 0 Å². The molecule has 1 saturated heterocycles. The highest BCUT2D eigenvalue weighted by Gasteiger charge is 2.28. The number of aromatic nitrogens is 2. The molecule has 2 heterocycles. The molecular weight excluding hydrogens is 478 g/mol. The Morgan fingerprint density at radius 3 is 2.32 bits per heavy atom. The van der Waals surface area contributed by atoms with Gasteiger partial charge in [-0.15, -0.1) is 0 Å². The molecule has 1 aliphatic heterocycles. The highest BCUT2D eigenvalue weighted by atomic mass is 16.5. The van der Waals surface area contributed by atoms with Crippen molar-refractivity contribution in [3.05, 3.63) is 82.8 Å². The van der Waals surface area contributed by atoms with Crippen molar-refractivity contribution in [2.75, 3.05) is 36.4 Å². The van der Waals surface area contributed by atoms with Crippen molar-refractivity contribution in [2.45, 2.75) is 57.8 Å². The molecule has 8 heteroatoms. The van der Waals surface area contributed by atoms with Crippen molar-refractivity contribution in [1.29, 1.82) is 0 Å². The van der Waals surface area contributed by atoms with E-state index < -0.39 is 6.10 Å². The van der Waals surface area contributed by atoms with Gasteiger partial charge in [-0.1, -0.05) is 67.8 Å². The summed E-state index contributed by atoms with van der Waals surface area (Å²) in [5.41, 5.74) is 3.08. The van der Waals surface area contributed by atoms with E-state index in [9.17, 15) is 9.59 Å². The Morgan fingerprint density at radius 2 is 1.63 bits per heavy atom. The molecule has 2 aromatic carbocycles. The molecule has 0 radical (unpaired) electrons. The number of piperazine rings is 1. The summed E-state index contributed by atoms with van der Waals surface area (Å²) in [6.45, 7) is 4.63. The molecule has 1 unspecified atom stereocenters. The van der Waals surface area contributed by atoms with Crippen molar-refractivity contribution in [2.24, 2.45) is 0 Å². The summed E-state index contributed by atoms with van der Waals surface area (Å²) < 4.78 is 7.33. The van der Waals surface area contributed by atoms with Crippen LogP contribution in [0.4, 0.5) is 11.4 Å². The summed E-state index contributed by atoms with van der Waals surface area (Å²) in [6, 6.07) is 19.7. The van der Waals surface area contributed by atoms with Crippen LogP contribution in [0.15, 0.2) is 71.7 Å². The Labute approximate surface area is 224 Å². The topological polar surface area (TPSA) is 79.7 Å². The predicted molar refractivity (Wildman–Crippen MR) is 150 cm³/mol. The first-order chi connectivity index (χ1) is 18.6. The fourth-order valence-electron chi connectivity index (χ4n) is 5.32. The summed E-state index contributed by atoms with van der Waals surface area (Å²) in [7, 11) is 0. The van der Waals surface area contributed by atoms with Crippen LogP contribution < -0.4 is 15.8 Å². The lowest BCUT2D eigenvalue weighted by Crippen LogP contribution is -2.52. The molecule has 1 amide bonds. The van der Waals surface area contributed by atoms with Crippen LogP contribution >= 0.6 is 0 Å². The van der Waals surface area contributed by atoms with Crippen LogP contribution in [0.2, 0.25) is 0 Å². The molecule has 5 rings (SSSR count). The molecule has 0 spiro atoms. The molecule has 200 valence electrons. The lowest BCUT2D eigenvalue weighted by molar-refractivity contribution is -0.143. The smallest absolute Gasteiger partial charge is 0.296 e. The van der Waals surface area contributed by atoms with Gasteiger partial charge in [0, 0.05) is 32.2 Å². The van der Waals surface area contributed by atoms with Crippen molar-refractivity contribution >= 4 is 17.3 Å². The van der Waals surface area contributed by atoms with E-state index in [1.165, 1.54) is 23.9 Å². The molecular formula is C30H37N5O3. The number of amides is 1. The lowest BCUT2D eigenvalue weighted by Gasteiger charge is -2.38. The number of rotatable bonds is 8. The number of carbonyl (C=O) groups is 1. The molecule has 2 fully saturated rings. The monoisotopic (exact) mass is 515 g/mol. The molecule has 1 saturated carbocycles. The number of hydrogen-bond acceptors (Lipinski definition) is 6. The Bertz CT molecular complexity index is 1250. The summed E-state index contributed by atoms with van der Waals surface area (Å²) in [6.07, 6.45) is 7.02. The zero-order valence-corrected chi connectivity index (χ0v) is 22.1. The van der Waals surface area contributed by atoms with Gasteiger partial charge in [0.25, 0.3) is 11.5 Å². The van der Waals surface area contributed by atoms with Crippen LogP contribution in [0, 0.1) is 0 Å². The van der Waals surface area contributed by atoms with E-state index in [4.69, 9.17) is 4.74 Å². The second kappa shape index (κ2) is 12.3. The normalized spacial score (nSPS) is 17.3. The first-order valence-electron chi connectivity index (χ1n) is 13.7. The first-order valence-corrected chi connectivity index (χ1v) is 13.7. The van der Waals surface area contributed by atoms with Gasteiger partial charge in [-0.05, 0) is 37.5 Å². The maximum absolute atomic E-state index is 13.7. The summed E-state index contributed by atoms with van der Waals surface area (Å²) in [4.78, 5) is 30.8. The molecule has 1 aliphatic carbocycles. The number of hydrogen-bond donors (Lipinski definition) is 1. The molecule has 8 nitrogen and oxygen atoms in total. The number of para-hydroxylation sites is 1. The fraction of sp³-hybridized carbons (Fsp3) is 0.433. The summed E-state index contributed by atoms with van der Waals surface area (Å²) in [5, 5.41) is 8.13. The van der Waals surface area contributed by atoms with Gasteiger partial charge in [0.2, 0.25) is 0 Å². The SMILES string of the molecule is CC(OCc1ccccc1)C(=O)N1CCN(c2cnn(-c3ccccc3)c(=O)c2NC2CCCCC2)CC1. The van der Waals surface area contributed by atoms with Crippen LogP contribution in [-0.2, 0) is 16.1 Å². The highest BCUT2D eigenvalue weighted by molar-refractivity contribution is 5.81. The zero-order valence-electron chi connectivity index (χ0n) is 22.1. The van der Waals surface area contributed by atoms with E-state index in [0.29, 0.717) is 38.5 Å². The van der Waals surface area contributed by atoms with Crippen molar-refractivity contribution in [3.8, 4) is 5.69 Å². The molecule has 2 aliphatic rings. The number of ether oxygens (including phenoxy) is 1. The molecule has 1 atom stereocenters. The zero-order chi connectivity index (χ0) is 26.3. The van der Waals surface area contributed by atoms with E-state index in [0.717, 1.165) is 29.8 Å². The van der Waals surface area contributed by atoms with Crippen LogP contribution in [-0.4, -0.2) is 58.9 Å². The molecule has 3 aromatic rings. The second-order valence-corrected chi connectivity index (χ2v) is 10.2. The predicted octanol–water partition coefficient (Wildman–Crippen LogP) is 4.23. The quantitative estimate of drug-likeness (QED) is 0.484. The Morgan fingerprint density at radius 1 is 0.974 bits per heavy atom. The van der Waals surface area contributed by atoms with E-state index in [-0.39, 0.29) is 17.5 Å². The minimum atomic E-state index is -0.512. The summed E-state index contributed by atoms with van der Waals surface area (Å²) >= 11 is 0. The summed E-state index contributed by atoms with van der Waals surface area (Å²) in [5.74, 6) is -0.00115. The Kier molecular flexibility index (Phi) is 8.38. The van der Waals surface area contributed by atoms with Gasteiger partial charge in [-0.2, -0.15) is 9.78 Å². The first kappa shape index (κ1) is 26.0. The Balaban J connectivity index is 1.28. The van der Waals surface area contributed by atoms with Gasteiger partial charge in [0.15, 0.2) is 0 Å². The maximum Gasteiger partial charge on any atom is 0.296 e. The van der Waals surface area contributed by atoms with Gasteiger partial charge in [0.1, 0.15) is 11.8 Å². The average molecular weight is 516 g/mol. The van der Waals surface area contributed by atoms with Gasteiger partial charge >= 0.3 is 0 Å². The fourth-order valence-corrected chi connectivity index (χ4v) is 5.32. The van der Waals surface area contributed by atoms with E-state index in [1.54, 1.807) is 6.20 Å². The van der Waals surface area contributed by atoms with Gasteiger partial charge < -0.3 is 19.9 Å². The van der Waals surface area contributed by atoms with Crippen molar-refractivity contribution in [1.82, 2.24) is 14.7 Å². The molecule has 0 bridgehead atoms. The van der Waals surface area contributed by atoms with E-state index in [1.807, 2.05) is 72.5 Å². The Hall–Kier alpha value is -3.65. The molecule has 38 heavy (non-hydrogen) atoms. The number of anilines is 2. The number of nitrogens with zero attached hydrogens (tertiary/aromatic N) is 4. The number of benzene rings is 2. The van der Waals surface area contributed by atoms with Crippen molar-refractivity contribution in [3.63, 3.8) is 0 Å². The van der Waals surface area contributed by atoms with E-state index in [2.05, 4.69) is 15.3 Å². The van der Waals surface area contributed by atoms with Crippen molar-refractivity contribution < 1.29 is 9.53 Å². The van der Waals surface area contributed by atoms with E-state index >= 15 is 0 Å². The lowest BCUT2D eigenvalue weighted by atomic mass is 9.95. The minimum Gasteiger partial charge on any atom is -0.376 e. The third kappa shape index (κ3) is 6.07. The standard InChI is InChI=1S/C30H37N5O3/c1-23(38-22-24-11-5-2-6-12-24)29(36)34-19-17-33(18-20-34)27-21-31-35(26-15-9-4-10-16-26)30(37)28(27)32-25-13-7-3-8-14-25/h2,4-6,9-12,15-16,21,23,25,32H,3,7-8,13-14,17-20,22H2,1H3. The number of carbonyl (C=O) groups excluding carboxylic acids is 1. The van der Waals surface area contributed by atoms with Gasteiger partial charge in [0.05, 0.1) is 24.2 Å². The average Bonchev–Trinajstić information content (AvgIpc) is 2.98. The van der Waals surface area contributed by atoms with Crippen LogP contribution in [0.3, 0.4) is 0 Å². The third-order valence-corrected chi connectivity index (χ3v) is 7.53. The third-order valence-electron chi connectivity index (χ3n) is 7.53.